The molecule has 0 aliphatic heterocycles. The first-order valence-electron chi connectivity index (χ1n) is 6.85. The molecule has 0 radical (unpaired) electrons. The molecule has 0 aromatic heterocycles. The molecule has 0 saturated carbocycles. The van der Waals surface area contributed by atoms with Crippen molar-refractivity contribution in [2.75, 3.05) is 20.1 Å². The molecule has 0 amide bonds. The van der Waals surface area contributed by atoms with Crippen LogP contribution in [0.5, 0.6) is 0 Å². The maximum Gasteiger partial charge on any atom is 0.240 e. The van der Waals surface area contributed by atoms with Crippen LogP contribution in [0.15, 0.2) is 29.2 Å². The zero-order chi connectivity index (χ0) is 15.2. The molecule has 1 aromatic rings. The Morgan fingerprint density at radius 3 is 2.65 bits per heavy atom. The van der Waals surface area contributed by atoms with Crippen LogP contribution >= 0.6 is 0 Å². The first-order valence-corrected chi connectivity index (χ1v) is 8.34. The average Bonchev–Trinajstić information content (AvgIpc) is 2.43. The molecule has 3 N–H and O–H groups in total. The molecule has 5 nitrogen and oxygen atoms in total. The van der Waals surface area contributed by atoms with Crippen molar-refractivity contribution in [3.05, 3.63) is 29.8 Å². The molecule has 0 heterocycles. The monoisotopic (exact) mass is 299 g/mol. The van der Waals surface area contributed by atoms with E-state index in [1.54, 1.807) is 18.2 Å². The van der Waals surface area contributed by atoms with Crippen LogP contribution in [-0.4, -0.2) is 39.5 Å². The smallest absolute Gasteiger partial charge is 0.240 e. The molecule has 0 aliphatic carbocycles. The van der Waals surface area contributed by atoms with E-state index in [0.29, 0.717) is 19.1 Å². The largest absolute Gasteiger partial charge is 0.326 e. The summed E-state index contributed by atoms with van der Waals surface area (Å²) in [5.74, 6) is 0. The molecule has 1 rings (SSSR count). The van der Waals surface area contributed by atoms with Crippen molar-refractivity contribution >= 4 is 10.0 Å². The zero-order valence-electron chi connectivity index (χ0n) is 12.5. The highest BCUT2D eigenvalue weighted by atomic mass is 32.2. The number of hydrogen-bond donors (Lipinski definition) is 2. The van der Waals surface area contributed by atoms with Crippen molar-refractivity contribution in [1.29, 1.82) is 0 Å². The maximum absolute atomic E-state index is 12.1. The van der Waals surface area contributed by atoms with E-state index in [1.165, 1.54) is 0 Å². The molecule has 1 aromatic carbocycles. The summed E-state index contributed by atoms with van der Waals surface area (Å²) in [4.78, 5) is 2.46. The molecule has 0 spiro atoms. The fourth-order valence-electron chi connectivity index (χ4n) is 1.72. The summed E-state index contributed by atoms with van der Waals surface area (Å²) < 4.78 is 26.9. The van der Waals surface area contributed by atoms with Crippen LogP contribution in [0.25, 0.3) is 0 Å². The van der Waals surface area contributed by atoms with Crippen LogP contribution < -0.4 is 10.5 Å². The predicted octanol–water partition coefficient (Wildman–Crippen LogP) is 1.15. The van der Waals surface area contributed by atoms with Gasteiger partial charge in [-0.3, -0.25) is 0 Å². The van der Waals surface area contributed by atoms with Gasteiger partial charge in [0.15, 0.2) is 0 Å². The van der Waals surface area contributed by atoms with Gasteiger partial charge < -0.3 is 10.6 Å². The third-order valence-electron chi connectivity index (χ3n) is 3.31. The van der Waals surface area contributed by atoms with Gasteiger partial charge in [0.05, 0.1) is 4.90 Å². The lowest BCUT2D eigenvalue weighted by atomic mass is 10.2. The summed E-state index contributed by atoms with van der Waals surface area (Å²) in [6.07, 6.45) is 0.782. The van der Waals surface area contributed by atoms with Gasteiger partial charge in [0.1, 0.15) is 0 Å². The van der Waals surface area contributed by atoms with Crippen molar-refractivity contribution in [2.24, 2.45) is 5.73 Å². The quantitative estimate of drug-likeness (QED) is 0.706. The fraction of sp³-hybridized carbons (Fsp3) is 0.571. The van der Waals surface area contributed by atoms with Crippen molar-refractivity contribution in [3.8, 4) is 0 Å². The minimum Gasteiger partial charge on any atom is -0.326 e. The highest BCUT2D eigenvalue weighted by molar-refractivity contribution is 7.89. The lowest BCUT2D eigenvalue weighted by Gasteiger charge is -2.20. The van der Waals surface area contributed by atoms with Gasteiger partial charge >= 0.3 is 0 Å². The third-order valence-corrected chi connectivity index (χ3v) is 4.76. The van der Waals surface area contributed by atoms with Gasteiger partial charge in [-0.05, 0) is 51.6 Å². The van der Waals surface area contributed by atoms with E-state index in [9.17, 15) is 8.42 Å². The van der Waals surface area contributed by atoms with Gasteiger partial charge in [0.2, 0.25) is 10.0 Å². The third kappa shape index (κ3) is 5.20. The molecular formula is C14H25N3O2S. The van der Waals surface area contributed by atoms with E-state index >= 15 is 0 Å². The Balaban J connectivity index is 2.53. The molecule has 6 heteroatoms. The topological polar surface area (TPSA) is 75.4 Å². The number of benzene rings is 1. The zero-order valence-corrected chi connectivity index (χ0v) is 13.3. The minimum absolute atomic E-state index is 0.276. The van der Waals surface area contributed by atoms with Gasteiger partial charge in [0.25, 0.3) is 0 Å². The predicted molar refractivity (Wildman–Crippen MR) is 81.9 cm³/mol. The van der Waals surface area contributed by atoms with Crippen molar-refractivity contribution in [3.63, 3.8) is 0 Å². The summed E-state index contributed by atoms with van der Waals surface area (Å²) in [5, 5.41) is 0. The summed E-state index contributed by atoms with van der Waals surface area (Å²) in [6.45, 7) is 5.86. The Morgan fingerprint density at radius 2 is 2.05 bits per heavy atom. The second-order valence-corrected chi connectivity index (χ2v) is 6.94. The number of nitrogens with zero attached hydrogens (tertiary/aromatic N) is 1. The molecule has 114 valence electrons. The number of hydrogen-bond acceptors (Lipinski definition) is 4. The van der Waals surface area contributed by atoms with Gasteiger partial charge in [0, 0.05) is 19.1 Å². The lowest BCUT2D eigenvalue weighted by Crippen LogP contribution is -2.31. The molecule has 0 bridgehead atoms. The van der Waals surface area contributed by atoms with Crippen LogP contribution in [0, 0.1) is 0 Å². The van der Waals surface area contributed by atoms with Crippen LogP contribution in [-0.2, 0) is 16.6 Å². The molecule has 0 aliphatic rings. The molecule has 0 atom stereocenters. The number of rotatable bonds is 8. The Labute approximate surface area is 122 Å². The van der Waals surface area contributed by atoms with Crippen molar-refractivity contribution in [1.82, 2.24) is 9.62 Å². The summed E-state index contributed by atoms with van der Waals surface area (Å²) in [5.41, 5.74) is 6.34. The molecule has 0 fully saturated rings. The van der Waals surface area contributed by atoms with Crippen LogP contribution in [0.1, 0.15) is 25.8 Å². The van der Waals surface area contributed by atoms with Gasteiger partial charge in [-0.2, -0.15) is 0 Å². The van der Waals surface area contributed by atoms with E-state index in [1.807, 2.05) is 13.1 Å². The Bertz CT molecular complexity index is 515. The lowest BCUT2D eigenvalue weighted by molar-refractivity contribution is 0.271. The van der Waals surface area contributed by atoms with E-state index < -0.39 is 10.0 Å². The van der Waals surface area contributed by atoms with Crippen LogP contribution in [0.2, 0.25) is 0 Å². The molecule has 0 saturated heterocycles. The second-order valence-electron chi connectivity index (χ2n) is 5.18. The number of sulfonamides is 1. The van der Waals surface area contributed by atoms with E-state index in [2.05, 4.69) is 23.5 Å². The number of nitrogens with two attached hydrogens (primary N) is 1. The molecule has 20 heavy (non-hydrogen) atoms. The average molecular weight is 299 g/mol. The highest BCUT2D eigenvalue weighted by Gasteiger charge is 2.13. The van der Waals surface area contributed by atoms with Gasteiger partial charge in [-0.15, -0.1) is 0 Å². The van der Waals surface area contributed by atoms with Crippen molar-refractivity contribution < 1.29 is 8.42 Å². The SMILES string of the molecule is CC(C)N(C)CCCNS(=O)(=O)c1cccc(CN)c1. The summed E-state index contributed by atoms with van der Waals surface area (Å²) in [7, 11) is -1.40. The summed E-state index contributed by atoms with van der Waals surface area (Å²) in [6, 6.07) is 7.19. The molecule has 0 unspecified atom stereocenters. The first kappa shape index (κ1) is 17.1. The fourth-order valence-corrected chi connectivity index (χ4v) is 2.86. The highest BCUT2D eigenvalue weighted by Crippen LogP contribution is 2.11. The Hall–Kier alpha value is -0.950. The van der Waals surface area contributed by atoms with E-state index in [4.69, 9.17) is 5.73 Å². The number of nitrogens with one attached hydrogen (secondary N) is 1. The van der Waals surface area contributed by atoms with Crippen molar-refractivity contribution in [2.45, 2.75) is 37.8 Å². The normalized spacial score (nSPS) is 12.3. The molecular weight excluding hydrogens is 274 g/mol. The Morgan fingerprint density at radius 1 is 1.35 bits per heavy atom. The van der Waals surface area contributed by atoms with Gasteiger partial charge in [-0.25, -0.2) is 13.1 Å². The summed E-state index contributed by atoms with van der Waals surface area (Å²) >= 11 is 0. The Kier molecular flexibility index (Phi) is 6.61. The maximum atomic E-state index is 12.1. The standard InChI is InChI=1S/C14H25N3O2S/c1-12(2)17(3)9-5-8-16-20(18,19)14-7-4-6-13(10-14)11-15/h4,6-7,10,12,16H,5,8-9,11,15H2,1-3H3. The van der Waals surface area contributed by atoms with E-state index in [0.717, 1.165) is 18.5 Å². The first-order chi connectivity index (χ1) is 9.36. The van der Waals surface area contributed by atoms with Gasteiger partial charge in [-0.1, -0.05) is 12.1 Å². The van der Waals surface area contributed by atoms with Crippen LogP contribution in [0.4, 0.5) is 0 Å². The van der Waals surface area contributed by atoms with Crippen LogP contribution in [0.3, 0.4) is 0 Å². The van der Waals surface area contributed by atoms with E-state index in [-0.39, 0.29) is 4.90 Å². The second kappa shape index (κ2) is 7.73. The minimum atomic E-state index is -3.44.